The van der Waals surface area contributed by atoms with E-state index in [4.69, 9.17) is 9.47 Å². The summed E-state index contributed by atoms with van der Waals surface area (Å²) in [4.78, 5) is 29.2. The second-order valence-corrected chi connectivity index (χ2v) is 6.83. The normalized spacial score (nSPS) is 11.8. The molecule has 3 rings (SSSR count). The van der Waals surface area contributed by atoms with Crippen LogP contribution in [0.4, 0.5) is 0 Å². The Morgan fingerprint density at radius 2 is 2.07 bits per heavy atom. The minimum absolute atomic E-state index is 0.0342. The molecular weight excluding hydrogens is 368 g/mol. The molecule has 0 aliphatic carbocycles. The van der Waals surface area contributed by atoms with Crippen LogP contribution in [0.2, 0.25) is 0 Å². The van der Waals surface area contributed by atoms with Crippen molar-refractivity contribution in [2.45, 2.75) is 20.4 Å². The van der Waals surface area contributed by atoms with Gasteiger partial charge in [-0.3, -0.25) is 14.3 Å². The van der Waals surface area contributed by atoms with E-state index in [1.54, 1.807) is 42.5 Å². The van der Waals surface area contributed by atoms with E-state index in [1.807, 2.05) is 19.1 Å². The lowest BCUT2D eigenvalue weighted by Gasteiger charge is -2.05. The molecule has 0 atom stereocenters. The monoisotopic (exact) mass is 388 g/mol. The van der Waals surface area contributed by atoms with Crippen molar-refractivity contribution in [3.8, 4) is 5.75 Å². The maximum atomic E-state index is 12.6. The number of benzene rings is 1. The van der Waals surface area contributed by atoms with E-state index in [9.17, 15) is 9.59 Å². The highest BCUT2D eigenvalue weighted by molar-refractivity contribution is 7.16. The van der Waals surface area contributed by atoms with Gasteiger partial charge in [-0.05, 0) is 38.1 Å². The number of carbonyl (C=O) groups is 2. The van der Waals surface area contributed by atoms with Crippen molar-refractivity contribution in [2.75, 3.05) is 13.7 Å². The predicted molar refractivity (Wildman–Crippen MR) is 101 cm³/mol. The van der Waals surface area contributed by atoms with Crippen LogP contribution in [0.15, 0.2) is 29.3 Å². The highest BCUT2D eigenvalue weighted by atomic mass is 32.1. The van der Waals surface area contributed by atoms with Crippen molar-refractivity contribution in [3.63, 3.8) is 0 Å². The first kappa shape index (κ1) is 18.8. The van der Waals surface area contributed by atoms with E-state index in [-0.39, 0.29) is 18.8 Å². The first-order chi connectivity index (χ1) is 12.9. The van der Waals surface area contributed by atoms with Gasteiger partial charge in [0.2, 0.25) is 0 Å². The maximum absolute atomic E-state index is 12.6. The van der Waals surface area contributed by atoms with Crippen LogP contribution in [-0.4, -0.2) is 39.9 Å². The Kier molecular flexibility index (Phi) is 5.41. The fourth-order valence-electron chi connectivity index (χ4n) is 2.56. The molecule has 0 radical (unpaired) electrons. The number of aryl methyl sites for hydroxylation is 2. The lowest BCUT2D eigenvalue weighted by atomic mass is 10.3. The summed E-state index contributed by atoms with van der Waals surface area (Å²) in [6.07, 6.45) is 0. The molecule has 0 bridgehead atoms. The molecular formula is C18H20N4O4S. The average molecular weight is 388 g/mol. The third-order valence-electron chi connectivity index (χ3n) is 4.01. The fraction of sp³-hybridized carbons (Fsp3) is 0.333. The number of methoxy groups -OCH3 is 1. The Hall–Kier alpha value is -2.94. The van der Waals surface area contributed by atoms with Gasteiger partial charge in [0, 0.05) is 12.7 Å². The number of esters is 1. The molecule has 0 saturated heterocycles. The van der Waals surface area contributed by atoms with Crippen molar-refractivity contribution >= 4 is 33.4 Å². The van der Waals surface area contributed by atoms with Crippen LogP contribution in [0.25, 0.3) is 10.2 Å². The number of hydrogen-bond acceptors (Lipinski definition) is 6. The predicted octanol–water partition coefficient (Wildman–Crippen LogP) is 2.06. The van der Waals surface area contributed by atoms with Crippen molar-refractivity contribution < 1.29 is 19.1 Å². The molecule has 0 fully saturated rings. The second kappa shape index (κ2) is 7.75. The van der Waals surface area contributed by atoms with E-state index in [1.165, 1.54) is 11.3 Å². The molecule has 3 aromatic rings. The Balaban J connectivity index is 2.11. The number of rotatable bonds is 5. The molecule has 0 saturated carbocycles. The summed E-state index contributed by atoms with van der Waals surface area (Å²) in [5.41, 5.74) is 1.89. The van der Waals surface area contributed by atoms with Gasteiger partial charge < -0.3 is 14.0 Å². The Morgan fingerprint density at radius 3 is 2.70 bits per heavy atom. The highest BCUT2D eigenvalue weighted by Crippen LogP contribution is 2.23. The van der Waals surface area contributed by atoms with Crippen LogP contribution in [0.1, 0.15) is 23.1 Å². The first-order valence-corrected chi connectivity index (χ1v) is 9.17. The molecule has 2 heterocycles. The van der Waals surface area contributed by atoms with Gasteiger partial charge in [-0.2, -0.15) is 10.1 Å². The summed E-state index contributed by atoms with van der Waals surface area (Å²) in [7, 11) is 3.35. The minimum atomic E-state index is -0.463. The molecule has 0 aliphatic rings. The number of ether oxygens (including phenoxy) is 2. The summed E-state index contributed by atoms with van der Waals surface area (Å²) < 4.78 is 14.4. The second-order valence-electron chi connectivity index (χ2n) is 5.82. The first-order valence-electron chi connectivity index (χ1n) is 8.35. The van der Waals surface area contributed by atoms with Crippen molar-refractivity contribution in [3.05, 3.63) is 40.5 Å². The third-order valence-corrected chi connectivity index (χ3v) is 5.05. The van der Waals surface area contributed by atoms with Crippen LogP contribution in [-0.2, 0) is 23.1 Å². The SMILES string of the molecule is CCOC(=O)Cn1c(=NC(=O)c2cc(C)n(C)n2)sc2cc(OC)ccc21. The topological polar surface area (TPSA) is 87.7 Å². The average Bonchev–Trinajstić information content (AvgIpc) is 3.15. The molecule has 0 N–H and O–H groups in total. The van der Waals surface area contributed by atoms with Gasteiger partial charge in [0.05, 0.1) is 23.9 Å². The number of nitrogens with zero attached hydrogens (tertiary/aromatic N) is 4. The number of aromatic nitrogens is 3. The summed E-state index contributed by atoms with van der Waals surface area (Å²) in [6, 6.07) is 7.15. The lowest BCUT2D eigenvalue weighted by molar-refractivity contribution is -0.143. The van der Waals surface area contributed by atoms with E-state index in [0.29, 0.717) is 10.6 Å². The quantitative estimate of drug-likeness (QED) is 0.625. The molecule has 2 aromatic heterocycles. The van der Waals surface area contributed by atoms with Gasteiger partial charge in [-0.25, -0.2) is 0 Å². The van der Waals surface area contributed by atoms with Crippen molar-refractivity contribution in [2.24, 2.45) is 12.0 Å². The van der Waals surface area contributed by atoms with Crippen LogP contribution in [0.3, 0.4) is 0 Å². The summed E-state index contributed by atoms with van der Waals surface area (Å²) in [5.74, 6) is -0.171. The standard InChI is InChI=1S/C18H20N4O4S/c1-5-26-16(23)10-22-14-7-6-12(25-4)9-15(14)27-18(22)19-17(24)13-8-11(2)21(3)20-13/h6-9H,5,10H2,1-4H3. The van der Waals surface area contributed by atoms with Gasteiger partial charge in [0.1, 0.15) is 12.3 Å². The van der Waals surface area contributed by atoms with Crippen molar-refractivity contribution in [1.29, 1.82) is 0 Å². The molecule has 0 spiro atoms. The number of hydrogen-bond donors (Lipinski definition) is 0. The maximum Gasteiger partial charge on any atom is 0.326 e. The number of fused-ring (bicyclic) bond motifs is 1. The van der Waals surface area contributed by atoms with Gasteiger partial charge in [-0.15, -0.1) is 0 Å². The van der Waals surface area contributed by atoms with Crippen LogP contribution in [0.5, 0.6) is 5.75 Å². The molecule has 1 amide bonds. The van der Waals surface area contributed by atoms with E-state index in [0.717, 1.165) is 15.9 Å². The fourth-order valence-corrected chi connectivity index (χ4v) is 3.62. The molecule has 0 unspecified atom stereocenters. The summed E-state index contributed by atoms with van der Waals surface area (Å²) >= 11 is 1.30. The molecule has 8 nitrogen and oxygen atoms in total. The number of thiazole rings is 1. The molecule has 27 heavy (non-hydrogen) atoms. The van der Waals surface area contributed by atoms with E-state index < -0.39 is 11.9 Å². The molecule has 9 heteroatoms. The summed E-state index contributed by atoms with van der Waals surface area (Å²) in [5, 5.41) is 4.16. The Bertz CT molecular complexity index is 1060. The smallest absolute Gasteiger partial charge is 0.326 e. The Labute approximate surface area is 159 Å². The van der Waals surface area contributed by atoms with Crippen molar-refractivity contribution in [1.82, 2.24) is 14.3 Å². The summed E-state index contributed by atoms with van der Waals surface area (Å²) in [6.45, 7) is 3.86. The highest BCUT2D eigenvalue weighted by Gasteiger charge is 2.15. The van der Waals surface area contributed by atoms with Gasteiger partial charge >= 0.3 is 5.97 Å². The van der Waals surface area contributed by atoms with Crippen LogP contribution < -0.4 is 9.54 Å². The van der Waals surface area contributed by atoms with E-state index in [2.05, 4.69) is 10.1 Å². The number of amides is 1. The molecule has 142 valence electrons. The zero-order valence-electron chi connectivity index (χ0n) is 15.6. The molecule has 0 aliphatic heterocycles. The molecule has 1 aromatic carbocycles. The zero-order chi connectivity index (χ0) is 19.6. The Morgan fingerprint density at radius 1 is 1.30 bits per heavy atom. The lowest BCUT2D eigenvalue weighted by Crippen LogP contribution is -2.23. The largest absolute Gasteiger partial charge is 0.497 e. The number of carbonyl (C=O) groups excluding carboxylic acids is 2. The minimum Gasteiger partial charge on any atom is -0.497 e. The zero-order valence-corrected chi connectivity index (χ0v) is 16.4. The van der Waals surface area contributed by atoms with Gasteiger partial charge in [0.25, 0.3) is 5.91 Å². The van der Waals surface area contributed by atoms with Gasteiger partial charge in [0.15, 0.2) is 10.5 Å². The van der Waals surface area contributed by atoms with Crippen LogP contribution >= 0.6 is 11.3 Å². The van der Waals surface area contributed by atoms with Gasteiger partial charge in [-0.1, -0.05) is 11.3 Å². The van der Waals surface area contributed by atoms with E-state index >= 15 is 0 Å². The van der Waals surface area contributed by atoms with Crippen LogP contribution in [0, 0.1) is 6.92 Å². The third kappa shape index (κ3) is 3.92.